The Balaban J connectivity index is 3.40. The number of halogens is 3. The van der Waals surface area contributed by atoms with Crippen LogP contribution in [-0.4, -0.2) is 25.3 Å². The molecule has 0 amide bonds. The van der Waals surface area contributed by atoms with Crippen molar-refractivity contribution in [1.82, 2.24) is 4.31 Å². The maximum absolute atomic E-state index is 13.0. The van der Waals surface area contributed by atoms with E-state index in [4.69, 9.17) is 5.26 Å². The van der Waals surface area contributed by atoms with Gasteiger partial charge in [0.25, 0.3) is 0 Å². The Kier molecular flexibility index (Phi) is 5.36. The van der Waals surface area contributed by atoms with Crippen LogP contribution in [0.1, 0.15) is 25.8 Å². The van der Waals surface area contributed by atoms with Crippen LogP contribution < -0.4 is 0 Å². The number of hydrogen-bond donors (Lipinski definition) is 0. The van der Waals surface area contributed by atoms with Crippen LogP contribution in [0.5, 0.6) is 0 Å². The Hall–Kier alpha value is -1.59. The zero-order valence-corrected chi connectivity index (χ0v) is 12.4. The maximum Gasteiger partial charge on any atom is 0.417 e. The minimum Gasteiger partial charge on any atom is -0.207 e. The average Bonchev–Trinajstić information content (AvgIpc) is 2.37. The lowest BCUT2D eigenvalue weighted by Gasteiger charge is -2.26. The van der Waals surface area contributed by atoms with Gasteiger partial charge in [0.05, 0.1) is 16.5 Å². The summed E-state index contributed by atoms with van der Waals surface area (Å²) in [4.78, 5) is -0.788. The summed E-state index contributed by atoms with van der Waals surface area (Å²) in [6.45, 7) is 2.94. The summed E-state index contributed by atoms with van der Waals surface area (Å²) in [6, 6.07) is 5.28. The third-order valence-corrected chi connectivity index (χ3v) is 4.93. The second kappa shape index (κ2) is 6.45. The molecule has 1 rings (SSSR count). The van der Waals surface area contributed by atoms with E-state index in [0.29, 0.717) is 0 Å². The topological polar surface area (TPSA) is 61.2 Å². The van der Waals surface area contributed by atoms with Crippen molar-refractivity contribution in [3.8, 4) is 6.07 Å². The third kappa shape index (κ3) is 3.95. The summed E-state index contributed by atoms with van der Waals surface area (Å²) in [5.74, 6) is 0. The van der Waals surface area contributed by atoms with Gasteiger partial charge >= 0.3 is 6.18 Å². The van der Waals surface area contributed by atoms with Crippen LogP contribution in [-0.2, 0) is 16.2 Å². The molecule has 1 aromatic rings. The van der Waals surface area contributed by atoms with Crippen LogP contribution in [0.4, 0.5) is 13.2 Å². The van der Waals surface area contributed by atoms with Crippen molar-refractivity contribution in [1.29, 1.82) is 5.26 Å². The van der Waals surface area contributed by atoms with Gasteiger partial charge in [-0.1, -0.05) is 12.1 Å². The fraction of sp³-hybridized carbons (Fsp3) is 0.462. The van der Waals surface area contributed by atoms with Crippen molar-refractivity contribution in [2.24, 2.45) is 0 Å². The van der Waals surface area contributed by atoms with Crippen LogP contribution in [0.25, 0.3) is 0 Å². The number of sulfonamides is 1. The molecule has 0 heterocycles. The van der Waals surface area contributed by atoms with Crippen molar-refractivity contribution in [2.75, 3.05) is 6.54 Å². The molecule has 0 aromatic heterocycles. The Bertz CT molecular complexity index is 634. The molecular formula is C13H15F3N2O2S. The van der Waals surface area contributed by atoms with Crippen molar-refractivity contribution >= 4 is 10.0 Å². The van der Waals surface area contributed by atoms with E-state index in [1.807, 2.05) is 0 Å². The van der Waals surface area contributed by atoms with Crippen molar-refractivity contribution in [2.45, 2.75) is 37.4 Å². The number of rotatable bonds is 5. The normalized spacial score (nSPS) is 12.7. The molecule has 4 nitrogen and oxygen atoms in total. The molecule has 8 heteroatoms. The molecule has 0 saturated heterocycles. The molecule has 116 valence electrons. The molecule has 0 spiro atoms. The predicted molar refractivity (Wildman–Crippen MR) is 70.7 cm³/mol. The Morgan fingerprint density at radius 3 is 2.33 bits per heavy atom. The third-order valence-electron chi connectivity index (χ3n) is 2.80. The molecular weight excluding hydrogens is 305 g/mol. The lowest BCUT2D eigenvalue weighted by Crippen LogP contribution is -2.38. The van der Waals surface area contributed by atoms with E-state index in [2.05, 4.69) is 0 Å². The maximum atomic E-state index is 13.0. The highest BCUT2D eigenvalue weighted by Gasteiger charge is 2.39. The summed E-state index contributed by atoms with van der Waals surface area (Å²) in [6.07, 6.45) is -4.85. The number of nitriles is 1. The van der Waals surface area contributed by atoms with Gasteiger partial charge in [-0.2, -0.15) is 22.7 Å². The Labute approximate surface area is 121 Å². The van der Waals surface area contributed by atoms with E-state index >= 15 is 0 Å². The van der Waals surface area contributed by atoms with E-state index in [1.54, 1.807) is 19.9 Å². The van der Waals surface area contributed by atoms with Crippen LogP contribution in [0.15, 0.2) is 29.2 Å². The number of alkyl halides is 3. The molecule has 0 N–H and O–H groups in total. The monoisotopic (exact) mass is 320 g/mol. The number of hydrogen-bond acceptors (Lipinski definition) is 3. The molecule has 0 saturated carbocycles. The number of benzene rings is 1. The van der Waals surface area contributed by atoms with Crippen molar-refractivity contribution in [3.63, 3.8) is 0 Å². The van der Waals surface area contributed by atoms with Gasteiger partial charge in [-0.05, 0) is 26.0 Å². The Morgan fingerprint density at radius 1 is 1.29 bits per heavy atom. The molecule has 0 atom stereocenters. The van der Waals surface area contributed by atoms with Gasteiger partial charge in [0, 0.05) is 19.0 Å². The fourth-order valence-corrected chi connectivity index (χ4v) is 3.72. The summed E-state index contributed by atoms with van der Waals surface area (Å²) < 4.78 is 64.7. The van der Waals surface area contributed by atoms with Gasteiger partial charge in [-0.15, -0.1) is 0 Å². The SMILES string of the molecule is CC(C)N(CCC#N)S(=O)(=O)c1ccccc1C(F)(F)F. The summed E-state index contributed by atoms with van der Waals surface area (Å²) in [7, 11) is -4.32. The molecule has 0 fully saturated rings. The van der Waals surface area contributed by atoms with Gasteiger partial charge in [-0.3, -0.25) is 0 Å². The minimum atomic E-state index is -4.76. The predicted octanol–water partition coefficient (Wildman–Crippen LogP) is 3.02. The van der Waals surface area contributed by atoms with Crippen LogP contribution >= 0.6 is 0 Å². The molecule has 0 aliphatic carbocycles. The highest BCUT2D eigenvalue weighted by molar-refractivity contribution is 7.89. The van der Waals surface area contributed by atoms with Gasteiger partial charge in [0.1, 0.15) is 0 Å². The number of nitrogens with zero attached hydrogens (tertiary/aromatic N) is 2. The zero-order valence-electron chi connectivity index (χ0n) is 11.6. The van der Waals surface area contributed by atoms with Gasteiger partial charge in [-0.25, -0.2) is 8.42 Å². The van der Waals surface area contributed by atoms with Crippen molar-refractivity contribution < 1.29 is 21.6 Å². The van der Waals surface area contributed by atoms with E-state index in [0.717, 1.165) is 22.5 Å². The van der Waals surface area contributed by atoms with E-state index in [-0.39, 0.29) is 13.0 Å². The molecule has 0 bridgehead atoms. The lowest BCUT2D eigenvalue weighted by molar-refractivity contribution is -0.139. The van der Waals surface area contributed by atoms with E-state index < -0.39 is 32.7 Å². The van der Waals surface area contributed by atoms with E-state index in [1.165, 1.54) is 6.07 Å². The van der Waals surface area contributed by atoms with Crippen LogP contribution in [0.3, 0.4) is 0 Å². The first-order valence-electron chi connectivity index (χ1n) is 6.17. The van der Waals surface area contributed by atoms with Crippen molar-refractivity contribution in [3.05, 3.63) is 29.8 Å². The molecule has 0 aliphatic heterocycles. The molecule has 21 heavy (non-hydrogen) atoms. The molecule has 0 aliphatic rings. The summed E-state index contributed by atoms with van der Waals surface area (Å²) in [5, 5.41) is 8.57. The first-order chi connectivity index (χ1) is 9.62. The van der Waals surface area contributed by atoms with Gasteiger partial charge < -0.3 is 0 Å². The molecule has 1 aromatic carbocycles. The highest BCUT2D eigenvalue weighted by atomic mass is 32.2. The zero-order chi connectivity index (χ0) is 16.3. The highest BCUT2D eigenvalue weighted by Crippen LogP contribution is 2.35. The smallest absolute Gasteiger partial charge is 0.207 e. The second-order valence-corrected chi connectivity index (χ2v) is 6.47. The van der Waals surface area contributed by atoms with Crippen LogP contribution in [0, 0.1) is 11.3 Å². The van der Waals surface area contributed by atoms with E-state index in [9.17, 15) is 21.6 Å². The van der Waals surface area contributed by atoms with Gasteiger partial charge in [0.2, 0.25) is 10.0 Å². The lowest BCUT2D eigenvalue weighted by atomic mass is 10.2. The standard InChI is InChI=1S/C13H15F3N2O2S/c1-10(2)18(9-5-8-17)21(19,20)12-7-4-3-6-11(12)13(14,15)16/h3-4,6-7,10H,5,9H2,1-2H3. The van der Waals surface area contributed by atoms with Crippen LogP contribution in [0.2, 0.25) is 0 Å². The first kappa shape index (κ1) is 17.5. The minimum absolute atomic E-state index is 0.0917. The summed E-state index contributed by atoms with van der Waals surface area (Å²) >= 11 is 0. The molecule has 0 unspecified atom stereocenters. The Morgan fingerprint density at radius 2 is 1.86 bits per heavy atom. The fourth-order valence-electron chi connectivity index (χ4n) is 1.87. The second-order valence-electron chi connectivity index (χ2n) is 4.61. The average molecular weight is 320 g/mol. The van der Waals surface area contributed by atoms with Gasteiger partial charge in [0.15, 0.2) is 0 Å². The quantitative estimate of drug-likeness (QED) is 0.838. The largest absolute Gasteiger partial charge is 0.417 e. The summed E-state index contributed by atoms with van der Waals surface area (Å²) in [5.41, 5.74) is -1.20. The first-order valence-corrected chi connectivity index (χ1v) is 7.61. The molecule has 0 radical (unpaired) electrons.